The van der Waals surface area contributed by atoms with Crippen LogP contribution in [0.3, 0.4) is 0 Å². The minimum atomic E-state index is -0.592. The summed E-state index contributed by atoms with van der Waals surface area (Å²) < 4.78 is 8.95. The predicted molar refractivity (Wildman–Crippen MR) is 476 cm³/mol. The lowest BCUT2D eigenvalue weighted by atomic mass is 9.70. The van der Waals surface area contributed by atoms with Gasteiger partial charge in [0.1, 0.15) is 11.2 Å². The first-order chi connectivity index (χ1) is 56.6. The van der Waals surface area contributed by atoms with Crippen LogP contribution in [0.4, 0.5) is 34.1 Å². The minimum Gasteiger partial charge on any atom is -0.456 e. The van der Waals surface area contributed by atoms with E-state index in [9.17, 15) is 0 Å². The molecule has 1 unspecified atom stereocenters. The highest BCUT2D eigenvalue weighted by atomic mass is 32.1. The van der Waals surface area contributed by atoms with E-state index in [1.54, 1.807) is 0 Å². The van der Waals surface area contributed by atoms with Crippen LogP contribution < -0.4 is 9.80 Å². The van der Waals surface area contributed by atoms with Gasteiger partial charge in [-0.15, -0.1) is 11.3 Å². The van der Waals surface area contributed by atoms with Crippen LogP contribution in [0.2, 0.25) is 0 Å². The van der Waals surface area contributed by atoms with E-state index in [1.165, 1.54) is 154 Å². The Hall–Kier alpha value is -14.4. The Labute approximate surface area is 665 Å². The van der Waals surface area contributed by atoms with Crippen molar-refractivity contribution in [3.8, 4) is 100 Å². The number of para-hydroxylation sites is 2. The quantitative estimate of drug-likeness (QED) is 0.129. The number of rotatable bonds is 11. The van der Waals surface area contributed by atoms with Gasteiger partial charge in [-0.05, 0) is 213 Å². The van der Waals surface area contributed by atoms with Gasteiger partial charge in [-0.1, -0.05) is 328 Å². The van der Waals surface area contributed by atoms with Gasteiger partial charge < -0.3 is 14.2 Å². The number of nitrogens with zero attached hydrogens (tertiary/aromatic N) is 2. The van der Waals surface area contributed by atoms with Crippen molar-refractivity contribution in [2.75, 3.05) is 9.80 Å². The van der Waals surface area contributed by atoms with Gasteiger partial charge >= 0.3 is 0 Å². The molecule has 0 bridgehead atoms. The molecule has 4 heteroatoms. The SMILES string of the molecule is c1ccc(-c2ccc(N(c3ccc(-c4cccc5oc6ccccc6c45)cc3)c3cccc4c3-c3ccccc3C43c4ccccc4-c4cc(-c5ccc6sc7c(-c8ccc(N(c9ccccc9-c9ccccc9)c9cccc%10c9-c9ccccc9C%109c%10ccccc%10-c%10ccccc%109)cc8)cccc7c6c5)ccc43)cc2)cc1. The molecule has 0 radical (unpaired) electrons. The molecular weight excluding hydrogens is 1400 g/mol. The molecule has 4 aliphatic carbocycles. The first-order valence-corrected chi connectivity index (χ1v) is 40.3. The predicted octanol–water partition coefficient (Wildman–Crippen LogP) is 29.9. The Balaban J connectivity index is 0.608. The van der Waals surface area contributed by atoms with Gasteiger partial charge in [0.05, 0.1) is 27.9 Å². The van der Waals surface area contributed by atoms with Crippen LogP contribution in [-0.2, 0) is 10.8 Å². The number of thiophene rings is 1. The van der Waals surface area contributed by atoms with Crippen LogP contribution in [0.25, 0.3) is 142 Å². The molecule has 114 heavy (non-hydrogen) atoms. The molecule has 0 aliphatic heterocycles. The van der Waals surface area contributed by atoms with Gasteiger partial charge in [0.2, 0.25) is 0 Å². The van der Waals surface area contributed by atoms with E-state index in [0.29, 0.717) is 0 Å². The number of hydrogen-bond donors (Lipinski definition) is 0. The molecule has 0 N–H and O–H groups in total. The van der Waals surface area contributed by atoms with E-state index in [-0.39, 0.29) is 0 Å². The second-order valence-electron chi connectivity index (χ2n) is 30.7. The van der Waals surface area contributed by atoms with E-state index in [0.717, 1.165) is 67.2 Å². The van der Waals surface area contributed by atoms with Gasteiger partial charge in [-0.3, -0.25) is 0 Å². The standard InChI is InChI=1S/C110H68N2OS/c1-3-25-69(26-4-1)70-51-59-76(60-52-70)111(77-61-53-72(54-62-77)80-36-22-50-103-105(80)88-35-13-20-49-102(88)113-103)100-47-23-44-97-106(100)86-33-10-18-43-95(86)110(97)93-41-16-9-32-84(93)89-67-74(57-65-96(89)110)75-58-66-104-90(68-75)85-38-21-37-81(108(85)114-104)73-55-63-78(64-56-73)112(99-46-19-12-29-79(99)71-27-5-2-6-28-71)101-48-24-45-98-107(101)87-34-11-17-42-94(87)109(98)91-39-14-7-30-82(91)83-31-8-15-40-92(83)109/h1-68H. The number of fused-ring (bicyclic) bond motifs is 26. The van der Waals surface area contributed by atoms with E-state index >= 15 is 0 Å². The van der Waals surface area contributed by atoms with Crippen LogP contribution in [0, 0.1) is 0 Å². The smallest absolute Gasteiger partial charge is 0.136 e. The monoisotopic (exact) mass is 1460 g/mol. The molecule has 4 aliphatic rings. The Morgan fingerprint density at radius 2 is 0.588 bits per heavy atom. The zero-order valence-electron chi connectivity index (χ0n) is 62.0. The normalized spacial score (nSPS) is 14.1. The molecule has 0 fully saturated rings. The van der Waals surface area contributed by atoms with Crippen molar-refractivity contribution in [2.45, 2.75) is 10.8 Å². The largest absolute Gasteiger partial charge is 0.456 e. The van der Waals surface area contributed by atoms with Crippen molar-refractivity contribution in [2.24, 2.45) is 0 Å². The lowest BCUT2D eigenvalue weighted by Crippen LogP contribution is -2.26. The second kappa shape index (κ2) is 25.0. The van der Waals surface area contributed by atoms with Gasteiger partial charge in [-0.2, -0.15) is 0 Å². The number of furan rings is 1. The maximum absolute atomic E-state index is 6.41. The van der Waals surface area contributed by atoms with E-state index in [2.05, 4.69) is 416 Å². The van der Waals surface area contributed by atoms with Gasteiger partial charge in [0.15, 0.2) is 0 Å². The molecule has 0 saturated heterocycles. The Bertz CT molecular complexity index is 7310. The summed E-state index contributed by atoms with van der Waals surface area (Å²) in [5.41, 5.74) is 39.7. The lowest BCUT2D eigenvalue weighted by molar-refractivity contribution is 0.669. The van der Waals surface area contributed by atoms with Crippen molar-refractivity contribution in [1.29, 1.82) is 0 Å². The van der Waals surface area contributed by atoms with Crippen LogP contribution in [0.1, 0.15) is 44.5 Å². The third-order valence-corrected chi connectivity index (χ3v) is 26.4. The lowest BCUT2D eigenvalue weighted by Gasteiger charge is -2.32. The third-order valence-electron chi connectivity index (χ3n) is 25.1. The van der Waals surface area contributed by atoms with Crippen LogP contribution in [-0.4, -0.2) is 0 Å². The highest BCUT2D eigenvalue weighted by Gasteiger charge is 2.54. The fourth-order valence-electron chi connectivity index (χ4n) is 20.4. The second-order valence-corrected chi connectivity index (χ2v) is 31.8. The summed E-state index contributed by atoms with van der Waals surface area (Å²) in [6.45, 7) is 0. The summed E-state index contributed by atoms with van der Waals surface area (Å²) in [5, 5.41) is 4.78. The zero-order valence-corrected chi connectivity index (χ0v) is 62.8. The number of benzene rings is 18. The van der Waals surface area contributed by atoms with Crippen molar-refractivity contribution in [1.82, 2.24) is 0 Å². The minimum absolute atomic E-state index is 0.484. The summed E-state index contributed by atoms with van der Waals surface area (Å²) in [7, 11) is 0. The summed E-state index contributed by atoms with van der Waals surface area (Å²) in [4.78, 5) is 5.01. The van der Waals surface area contributed by atoms with Crippen LogP contribution >= 0.6 is 11.3 Å². The Morgan fingerprint density at radius 3 is 1.21 bits per heavy atom. The maximum atomic E-state index is 6.41. The Morgan fingerprint density at radius 1 is 0.211 bits per heavy atom. The average Bonchev–Trinajstić information content (AvgIpc) is 1.51. The summed E-state index contributed by atoms with van der Waals surface area (Å²) in [5.74, 6) is 0. The topological polar surface area (TPSA) is 19.6 Å². The molecule has 0 saturated carbocycles. The fraction of sp³-hybridized carbons (Fsp3) is 0.0182. The molecule has 530 valence electrons. The molecule has 2 spiro atoms. The molecule has 18 aromatic carbocycles. The Kier molecular flexibility index (Phi) is 14.2. The van der Waals surface area contributed by atoms with Gasteiger partial charge in [0, 0.05) is 64.7 Å². The third kappa shape index (κ3) is 9.20. The molecule has 2 aromatic heterocycles. The van der Waals surface area contributed by atoms with Crippen molar-refractivity contribution in [3.63, 3.8) is 0 Å². The molecule has 1 atom stereocenters. The van der Waals surface area contributed by atoms with Crippen molar-refractivity contribution >= 4 is 87.6 Å². The van der Waals surface area contributed by atoms with Crippen LogP contribution in [0.15, 0.2) is 417 Å². The molecular formula is C110H68N2OS. The van der Waals surface area contributed by atoms with Crippen molar-refractivity contribution < 1.29 is 4.42 Å². The van der Waals surface area contributed by atoms with E-state index < -0.39 is 10.8 Å². The first kappa shape index (κ1) is 64.4. The number of hydrogen-bond acceptors (Lipinski definition) is 4. The summed E-state index contributed by atoms with van der Waals surface area (Å²) in [6, 6.07) is 154. The number of anilines is 6. The molecule has 3 nitrogen and oxygen atoms in total. The molecule has 20 aromatic rings. The first-order valence-electron chi connectivity index (χ1n) is 39.4. The molecule has 24 rings (SSSR count). The fourth-order valence-corrected chi connectivity index (χ4v) is 21.7. The maximum Gasteiger partial charge on any atom is 0.136 e. The summed E-state index contributed by atoms with van der Waals surface area (Å²) >= 11 is 1.89. The highest BCUT2D eigenvalue weighted by molar-refractivity contribution is 7.26. The summed E-state index contributed by atoms with van der Waals surface area (Å²) in [6.07, 6.45) is 0. The highest BCUT2D eigenvalue weighted by Crippen LogP contribution is 2.67. The van der Waals surface area contributed by atoms with E-state index in [4.69, 9.17) is 4.42 Å². The average molecular weight is 1470 g/mol. The molecule has 2 heterocycles. The van der Waals surface area contributed by atoms with Crippen molar-refractivity contribution in [3.05, 3.63) is 457 Å². The zero-order chi connectivity index (χ0) is 74.7. The van der Waals surface area contributed by atoms with Gasteiger partial charge in [-0.25, -0.2) is 0 Å². The molecule has 0 amide bonds. The van der Waals surface area contributed by atoms with Crippen LogP contribution in [0.5, 0.6) is 0 Å². The van der Waals surface area contributed by atoms with Gasteiger partial charge in [0.25, 0.3) is 0 Å². The van der Waals surface area contributed by atoms with E-state index in [1.807, 2.05) is 17.4 Å².